The summed E-state index contributed by atoms with van der Waals surface area (Å²) in [4.78, 5) is 5.91. The first-order valence-corrected chi connectivity index (χ1v) is 5.87. The zero-order chi connectivity index (χ0) is 11.2. The summed E-state index contributed by atoms with van der Waals surface area (Å²) in [6.07, 6.45) is 2.25. The molecule has 5 heteroatoms. The van der Waals surface area contributed by atoms with Gasteiger partial charge in [-0.05, 0) is 25.0 Å². The van der Waals surface area contributed by atoms with Gasteiger partial charge in [0, 0.05) is 5.41 Å². The number of hydrogen-bond acceptors (Lipinski definition) is 5. The molecule has 0 N–H and O–H groups in total. The minimum Gasteiger partial charge on any atom is -0.333 e. The molecule has 0 bridgehead atoms. The molecule has 0 unspecified atom stereocenters. The fourth-order valence-electron chi connectivity index (χ4n) is 1.49. The van der Waals surface area contributed by atoms with Crippen LogP contribution in [0.1, 0.15) is 30.5 Å². The topological polar surface area (TPSA) is 62.7 Å². The van der Waals surface area contributed by atoms with Gasteiger partial charge in [-0.2, -0.15) is 10.2 Å². The van der Waals surface area contributed by atoms with Gasteiger partial charge in [0.15, 0.2) is 5.82 Å². The summed E-state index contributed by atoms with van der Waals surface area (Å²) in [5, 5.41) is 12.7. The molecule has 0 spiro atoms. The van der Waals surface area contributed by atoms with Gasteiger partial charge in [0.2, 0.25) is 0 Å². The van der Waals surface area contributed by atoms with E-state index >= 15 is 0 Å². The number of thiophene rings is 1. The standard InChI is InChI=1S/C11H9N3OS/c1-11(4-5-11)10-13-9(15-14-10)8-3-2-7(6-12)16-8/h2-3H,4-5H2,1H3. The monoisotopic (exact) mass is 231 g/mol. The van der Waals surface area contributed by atoms with Crippen LogP contribution in [0.5, 0.6) is 0 Å². The van der Waals surface area contributed by atoms with Crippen molar-refractivity contribution in [2.24, 2.45) is 0 Å². The third-order valence-electron chi connectivity index (χ3n) is 2.89. The van der Waals surface area contributed by atoms with Gasteiger partial charge in [-0.1, -0.05) is 12.1 Å². The predicted octanol–water partition coefficient (Wildman–Crippen LogP) is 2.72. The fourth-order valence-corrected chi connectivity index (χ4v) is 2.22. The van der Waals surface area contributed by atoms with Crippen LogP contribution < -0.4 is 0 Å². The Morgan fingerprint density at radius 1 is 1.50 bits per heavy atom. The van der Waals surface area contributed by atoms with E-state index in [9.17, 15) is 0 Å². The molecule has 1 saturated carbocycles. The lowest BCUT2D eigenvalue weighted by atomic mass is 10.1. The molecular formula is C11H9N3OS. The van der Waals surface area contributed by atoms with Crippen molar-refractivity contribution in [2.45, 2.75) is 25.2 Å². The Balaban J connectivity index is 1.95. The van der Waals surface area contributed by atoms with E-state index in [0.717, 1.165) is 23.5 Å². The molecule has 0 radical (unpaired) electrons. The zero-order valence-corrected chi connectivity index (χ0v) is 9.54. The number of nitrogens with zero attached hydrogens (tertiary/aromatic N) is 3. The maximum atomic E-state index is 8.74. The maximum Gasteiger partial charge on any atom is 0.268 e. The molecule has 2 aromatic rings. The molecule has 16 heavy (non-hydrogen) atoms. The Morgan fingerprint density at radius 2 is 2.31 bits per heavy atom. The van der Waals surface area contributed by atoms with Gasteiger partial charge in [0.05, 0.1) is 4.88 Å². The van der Waals surface area contributed by atoms with Crippen molar-refractivity contribution in [1.82, 2.24) is 10.1 Å². The van der Waals surface area contributed by atoms with Crippen molar-refractivity contribution >= 4 is 11.3 Å². The highest BCUT2D eigenvalue weighted by atomic mass is 32.1. The maximum absolute atomic E-state index is 8.74. The molecular weight excluding hydrogens is 222 g/mol. The van der Waals surface area contributed by atoms with Crippen LogP contribution in [-0.2, 0) is 5.41 Å². The molecule has 1 fully saturated rings. The Labute approximate surface area is 96.5 Å². The fraction of sp³-hybridized carbons (Fsp3) is 0.364. The lowest BCUT2D eigenvalue weighted by molar-refractivity contribution is 0.416. The third-order valence-corrected chi connectivity index (χ3v) is 3.87. The molecule has 4 nitrogen and oxygen atoms in total. The first-order chi connectivity index (χ1) is 7.71. The second-order valence-corrected chi connectivity index (χ2v) is 5.34. The van der Waals surface area contributed by atoms with Crippen LogP contribution in [0.4, 0.5) is 0 Å². The lowest BCUT2D eigenvalue weighted by Crippen LogP contribution is -2.01. The Morgan fingerprint density at radius 3 is 2.94 bits per heavy atom. The molecule has 0 aliphatic heterocycles. The number of hydrogen-bond donors (Lipinski definition) is 0. The summed E-state index contributed by atoms with van der Waals surface area (Å²) in [5.41, 5.74) is 0.122. The normalized spacial score (nSPS) is 17.0. The lowest BCUT2D eigenvalue weighted by Gasteiger charge is -1.96. The number of rotatable bonds is 2. The first-order valence-electron chi connectivity index (χ1n) is 5.06. The molecule has 2 aromatic heterocycles. The second kappa shape index (κ2) is 3.16. The van der Waals surface area contributed by atoms with Gasteiger partial charge in [-0.3, -0.25) is 0 Å². The minimum atomic E-state index is 0.122. The van der Waals surface area contributed by atoms with Crippen LogP contribution in [0.15, 0.2) is 16.7 Å². The van der Waals surface area contributed by atoms with E-state index in [0.29, 0.717) is 10.8 Å². The van der Waals surface area contributed by atoms with Crippen LogP contribution in [0.25, 0.3) is 10.8 Å². The van der Waals surface area contributed by atoms with Gasteiger partial charge in [0.1, 0.15) is 10.9 Å². The van der Waals surface area contributed by atoms with E-state index in [1.165, 1.54) is 11.3 Å². The molecule has 1 aliphatic rings. The van der Waals surface area contributed by atoms with Crippen molar-refractivity contribution in [1.29, 1.82) is 5.26 Å². The molecule has 0 aromatic carbocycles. The van der Waals surface area contributed by atoms with Gasteiger partial charge in [-0.15, -0.1) is 11.3 Å². The largest absolute Gasteiger partial charge is 0.333 e. The highest BCUT2D eigenvalue weighted by Crippen LogP contribution is 2.46. The Kier molecular flexibility index (Phi) is 1.88. The van der Waals surface area contributed by atoms with E-state index < -0.39 is 0 Å². The van der Waals surface area contributed by atoms with Crippen LogP contribution in [0.2, 0.25) is 0 Å². The second-order valence-electron chi connectivity index (χ2n) is 4.26. The highest BCUT2D eigenvalue weighted by Gasteiger charge is 2.43. The van der Waals surface area contributed by atoms with Crippen LogP contribution in [0, 0.1) is 11.3 Å². The smallest absolute Gasteiger partial charge is 0.268 e. The van der Waals surface area contributed by atoms with Crippen molar-refractivity contribution in [3.63, 3.8) is 0 Å². The van der Waals surface area contributed by atoms with Crippen molar-refractivity contribution < 1.29 is 4.52 Å². The summed E-state index contributed by atoms with van der Waals surface area (Å²) in [6, 6.07) is 5.70. The molecule has 2 heterocycles. The summed E-state index contributed by atoms with van der Waals surface area (Å²) in [6.45, 7) is 2.14. The van der Waals surface area contributed by atoms with Crippen LogP contribution in [-0.4, -0.2) is 10.1 Å². The third kappa shape index (κ3) is 1.42. The summed E-state index contributed by atoms with van der Waals surface area (Å²) < 4.78 is 5.21. The predicted molar refractivity (Wildman–Crippen MR) is 58.9 cm³/mol. The molecule has 80 valence electrons. The molecule has 3 rings (SSSR count). The molecule has 1 aliphatic carbocycles. The summed E-state index contributed by atoms with van der Waals surface area (Å²) in [7, 11) is 0. The first kappa shape index (κ1) is 9.55. The summed E-state index contributed by atoms with van der Waals surface area (Å²) >= 11 is 1.37. The van der Waals surface area contributed by atoms with Gasteiger partial charge < -0.3 is 4.52 Å². The van der Waals surface area contributed by atoms with E-state index in [2.05, 4.69) is 23.1 Å². The average Bonchev–Trinajstić information content (AvgIpc) is 2.80. The molecule has 0 atom stereocenters. The van der Waals surface area contributed by atoms with E-state index in [4.69, 9.17) is 9.78 Å². The number of nitriles is 1. The molecule has 0 amide bonds. The van der Waals surface area contributed by atoms with Crippen LogP contribution >= 0.6 is 11.3 Å². The number of aromatic nitrogens is 2. The SMILES string of the molecule is CC1(c2noc(-c3ccc(C#N)s3)n2)CC1. The van der Waals surface area contributed by atoms with Crippen molar-refractivity contribution in [3.8, 4) is 16.8 Å². The van der Waals surface area contributed by atoms with Crippen molar-refractivity contribution in [2.75, 3.05) is 0 Å². The van der Waals surface area contributed by atoms with Crippen LogP contribution in [0.3, 0.4) is 0 Å². The van der Waals surface area contributed by atoms with Gasteiger partial charge in [-0.25, -0.2) is 0 Å². The quantitative estimate of drug-likeness (QED) is 0.797. The zero-order valence-electron chi connectivity index (χ0n) is 8.73. The van der Waals surface area contributed by atoms with Gasteiger partial charge in [0.25, 0.3) is 5.89 Å². The average molecular weight is 231 g/mol. The summed E-state index contributed by atoms with van der Waals surface area (Å²) in [5.74, 6) is 1.31. The van der Waals surface area contributed by atoms with Crippen molar-refractivity contribution in [3.05, 3.63) is 22.8 Å². The van der Waals surface area contributed by atoms with E-state index in [1.807, 2.05) is 6.07 Å². The highest BCUT2D eigenvalue weighted by molar-refractivity contribution is 7.15. The van der Waals surface area contributed by atoms with E-state index in [1.54, 1.807) is 6.07 Å². The van der Waals surface area contributed by atoms with E-state index in [-0.39, 0.29) is 5.41 Å². The molecule has 0 saturated heterocycles. The van der Waals surface area contributed by atoms with Gasteiger partial charge >= 0.3 is 0 Å². The Hall–Kier alpha value is -1.67. The Bertz CT molecular complexity index is 574. The minimum absolute atomic E-state index is 0.122.